The van der Waals surface area contributed by atoms with Gasteiger partial charge >= 0.3 is 41.5 Å². The second kappa shape index (κ2) is 20.9. The second-order valence-electron chi connectivity index (χ2n) is 11.3. The summed E-state index contributed by atoms with van der Waals surface area (Å²) in [7, 11) is 0. The minimum absolute atomic E-state index is 0. The number of carbonyl (C=O) groups excluding carboxylic acids is 3. The molecule has 17 heteroatoms. The van der Waals surface area contributed by atoms with Crippen molar-refractivity contribution in [1.82, 2.24) is 14.8 Å². The number of nitriles is 1. The van der Waals surface area contributed by atoms with Crippen LogP contribution < -0.4 is 34.7 Å². The molecule has 0 bridgehead atoms. The SMILES string of the molecule is C[C@@H](SC1COC(/C=C/C=C/c2ccc(C#N)cc2F)OC1)[C@@](Cn1cncn1)(OC(=O)CCCOC(=O)CCC(=O)[O-])c1ccc(F)cc1F.[Na+]. The fraction of sp³-hybridized carbons (Fsp3) is 0.371. The number of hydrogen-bond acceptors (Lipinski definition) is 12. The van der Waals surface area contributed by atoms with Crippen molar-refractivity contribution in [2.24, 2.45) is 0 Å². The summed E-state index contributed by atoms with van der Waals surface area (Å²) in [5, 5.41) is 22.6. The quantitative estimate of drug-likeness (QED) is 0.0833. The summed E-state index contributed by atoms with van der Waals surface area (Å²) in [5.41, 5.74) is -1.34. The third-order valence-electron chi connectivity index (χ3n) is 7.60. The second-order valence-corrected chi connectivity index (χ2v) is 13.0. The van der Waals surface area contributed by atoms with Crippen LogP contribution in [0, 0.1) is 28.8 Å². The maximum absolute atomic E-state index is 15.6. The molecule has 1 aliphatic heterocycles. The van der Waals surface area contributed by atoms with Crippen molar-refractivity contribution in [2.45, 2.75) is 61.5 Å². The molecule has 2 aromatic carbocycles. The summed E-state index contributed by atoms with van der Waals surface area (Å²) in [6.07, 6.45) is 7.21. The van der Waals surface area contributed by atoms with Crippen LogP contribution in [0.5, 0.6) is 0 Å². The van der Waals surface area contributed by atoms with Gasteiger partial charge in [0.2, 0.25) is 0 Å². The van der Waals surface area contributed by atoms with E-state index in [9.17, 15) is 28.3 Å². The first-order valence-corrected chi connectivity index (χ1v) is 16.7. The number of rotatable bonds is 17. The van der Waals surface area contributed by atoms with Crippen LogP contribution in [0.3, 0.4) is 0 Å². The van der Waals surface area contributed by atoms with Gasteiger partial charge in [-0.15, -0.1) is 11.8 Å². The standard InChI is InChI=1S/C35H35F3N4O8S.Na/c1-23(51-27-18-48-34(49-19-27)7-3-2-5-25-9-8-24(17-39)15-29(25)37)35(20-42-22-40-21-41-42,28-11-10-26(36)16-30(28)38)50-33(46)6-4-14-47-32(45)13-12-31(43)44;/h2-3,5,7-11,15-16,21-23,27,34H,4,6,12-14,18-20H2,1H3,(H,43,44);/q;+1/p-1/b5-2+,7-3+;/t23-,27?,34?,35-;/m1./s1. The van der Waals surface area contributed by atoms with Crippen LogP contribution in [-0.4, -0.2) is 69.3 Å². The zero-order chi connectivity index (χ0) is 36.8. The van der Waals surface area contributed by atoms with Gasteiger partial charge in [-0.25, -0.2) is 22.8 Å². The molecule has 0 N–H and O–H groups in total. The van der Waals surface area contributed by atoms with Crippen LogP contribution in [0.4, 0.5) is 13.2 Å². The summed E-state index contributed by atoms with van der Waals surface area (Å²) in [6.45, 7) is 1.72. The molecule has 2 atom stereocenters. The van der Waals surface area contributed by atoms with Gasteiger partial charge in [-0.1, -0.05) is 24.3 Å². The van der Waals surface area contributed by atoms with Crippen LogP contribution in [0.25, 0.3) is 6.08 Å². The Morgan fingerprint density at radius 3 is 2.52 bits per heavy atom. The van der Waals surface area contributed by atoms with Gasteiger partial charge < -0.3 is 28.8 Å². The molecule has 0 aliphatic carbocycles. The molecule has 52 heavy (non-hydrogen) atoms. The van der Waals surface area contributed by atoms with Gasteiger partial charge in [-0.3, -0.25) is 9.59 Å². The maximum atomic E-state index is 15.6. The molecule has 4 rings (SSSR count). The number of ether oxygens (including phenoxy) is 4. The van der Waals surface area contributed by atoms with Crippen molar-refractivity contribution in [2.75, 3.05) is 19.8 Å². The van der Waals surface area contributed by atoms with Gasteiger partial charge in [-0.05, 0) is 50.1 Å². The molecule has 1 aliphatic rings. The van der Waals surface area contributed by atoms with Crippen molar-refractivity contribution in [3.05, 3.63) is 101 Å². The average Bonchev–Trinajstić information content (AvgIpc) is 3.61. The molecule has 1 fully saturated rings. The van der Waals surface area contributed by atoms with E-state index in [2.05, 4.69) is 10.1 Å². The Morgan fingerprint density at radius 2 is 1.87 bits per heavy atom. The number of aliphatic carboxylic acids is 1. The van der Waals surface area contributed by atoms with Crippen LogP contribution in [-0.2, 0) is 45.5 Å². The van der Waals surface area contributed by atoms with Gasteiger partial charge in [0.1, 0.15) is 30.1 Å². The number of halogens is 3. The van der Waals surface area contributed by atoms with E-state index in [-0.39, 0.29) is 91.6 Å². The molecule has 12 nitrogen and oxygen atoms in total. The third kappa shape index (κ3) is 12.6. The van der Waals surface area contributed by atoms with Crippen LogP contribution in [0.2, 0.25) is 0 Å². The van der Waals surface area contributed by atoms with Crippen molar-refractivity contribution < 1.29 is 81.2 Å². The largest absolute Gasteiger partial charge is 1.00 e. The number of thioether (sulfide) groups is 1. The molecule has 0 radical (unpaired) electrons. The Labute approximate surface area is 324 Å². The fourth-order valence-electron chi connectivity index (χ4n) is 5.06. The third-order valence-corrected chi connectivity index (χ3v) is 9.04. The topological polar surface area (TPSA) is 166 Å². The van der Waals surface area contributed by atoms with E-state index in [1.807, 2.05) is 6.07 Å². The molecule has 0 unspecified atom stereocenters. The minimum atomic E-state index is -1.75. The monoisotopic (exact) mass is 750 g/mol. The number of esters is 2. The number of nitrogens with zero attached hydrogens (tertiary/aromatic N) is 4. The van der Waals surface area contributed by atoms with Gasteiger partial charge in [-0.2, -0.15) is 10.4 Å². The zero-order valence-electron chi connectivity index (χ0n) is 28.4. The molecule has 1 saturated heterocycles. The Balaban J connectivity index is 0.00000729. The summed E-state index contributed by atoms with van der Waals surface area (Å²) in [4.78, 5) is 39.5. The predicted molar refractivity (Wildman–Crippen MR) is 174 cm³/mol. The van der Waals surface area contributed by atoms with Crippen molar-refractivity contribution in [3.8, 4) is 6.07 Å². The number of hydrogen-bond donors (Lipinski definition) is 0. The van der Waals surface area contributed by atoms with Gasteiger partial charge in [0.15, 0.2) is 11.9 Å². The molecule has 0 saturated carbocycles. The van der Waals surface area contributed by atoms with Crippen LogP contribution in [0.1, 0.15) is 49.3 Å². The Morgan fingerprint density at radius 1 is 1.10 bits per heavy atom. The van der Waals surface area contributed by atoms with Crippen molar-refractivity contribution in [1.29, 1.82) is 5.26 Å². The number of aromatic nitrogens is 3. The molecule has 0 amide bonds. The molecular formula is C35H34F3N4NaO8S. The van der Waals surface area contributed by atoms with E-state index < -0.39 is 58.9 Å². The molecule has 0 spiro atoms. The Kier molecular flexibility index (Phi) is 17.1. The fourth-order valence-corrected chi connectivity index (χ4v) is 6.42. The van der Waals surface area contributed by atoms with E-state index >= 15 is 4.39 Å². The average molecular weight is 751 g/mol. The van der Waals surface area contributed by atoms with E-state index in [0.29, 0.717) is 11.6 Å². The molecule has 1 aromatic heterocycles. The van der Waals surface area contributed by atoms with Crippen LogP contribution in [0.15, 0.2) is 67.3 Å². The van der Waals surface area contributed by atoms with E-state index in [0.717, 1.165) is 12.1 Å². The van der Waals surface area contributed by atoms with E-state index in [4.69, 9.17) is 24.2 Å². The van der Waals surface area contributed by atoms with Gasteiger partial charge in [0.25, 0.3) is 0 Å². The van der Waals surface area contributed by atoms with Gasteiger partial charge in [0, 0.05) is 34.8 Å². The van der Waals surface area contributed by atoms with Crippen LogP contribution >= 0.6 is 11.8 Å². The smallest absolute Gasteiger partial charge is 0.550 e. The number of carbonyl (C=O) groups is 3. The number of carboxylic acid groups (broad SMARTS) is 1. The summed E-state index contributed by atoms with van der Waals surface area (Å²) >= 11 is 1.30. The minimum Gasteiger partial charge on any atom is -0.550 e. The number of benzene rings is 2. The normalized spacial score (nSPS) is 17.5. The Hall–Kier alpha value is -3.98. The first-order chi connectivity index (χ1) is 24.5. The first kappa shape index (κ1) is 42.4. The molecule has 270 valence electrons. The summed E-state index contributed by atoms with van der Waals surface area (Å²) in [5.74, 6) is -5.25. The van der Waals surface area contributed by atoms with E-state index in [1.54, 1.807) is 25.2 Å². The molecule has 3 aromatic rings. The molecular weight excluding hydrogens is 716 g/mol. The summed E-state index contributed by atoms with van der Waals surface area (Å²) < 4.78 is 67.9. The number of carboxylic acids is 1. The number of allylic oxidation sites excluding steroid dienone is 2. The predicted octanol–water partition coefficient (Wildman–Crippen LogP) is 0.996. The maximum Gasteiger partial charge on any atom is 1.00 e. The van der Waals surface area contributed by atoms with Gasteiger partial charge in [0.05, 0.1) is 49.7 Å². The first-order valence-electron chi connectivity index (χ1n) is 15.8. The molecule has 2 heterocycles. The van der Waals surface area contributed by atoms with E-state index in [1.165, 1.54) is 53.4 Å². The van der Waals surface area contributed by atoms with Crippen molar-refractivity contribution in [3.63, 3.8) is 0 Å². The summed E-state index contributed by atoms with van der Waals surface area (Å²) in [6, 6.07) is 8.98. The zero-order valence-corrected chi connectivity index (χ0v) is 31.2. The van der Waals surface area contributed by atoms with Crippen molar-refractivity contribution >= 4 is 35.7 Å². The Bertz CT molecular complexity index is 1770.